The third-order valence-corrected chi connectivity index (χ3v) is 6.25. The molecule has 0 saturated heterocycles. The number of carbonyl (C=O) groups is 2. The average Bonchev–Trinajstić information content (AvgIpc) is 3.29. The van der Waals surface area contributed by atoms with Gasteiger partial charge in [0.15, 0.2) is 0 Å². The van der Waals surface area contributed by atoms with E-state index in [0.29, 0.717) is 0 Å². The molecule has 0 aliphatic heterocycles. The number of nitrogens with zero attached hydrogens (tertiary/aromatic N) is 2. The van der Waals surface area contributed by atoms with Gasteiger partial charge in [0.2, 0.25) is 5.91 Å². The van der Waals surface area contributed by atoms with Gasteiger partial charge in [0, 0.05) is 18.8 Å². The van der Waals surface area contributed by atoms with Gasteiger partial charge in [-0.3, -0.25) is 4.79 Å². The lowest BCUT2D eigenvalue weighted by molar-refractivity contribution is -0.114. The fraction of sp³-hybridized carbons (Fsp3) is 0.368. The first-order valence-electron chi connectivity index (χ1n) is 9.44. The first-order valence-corrected chi connectivity index (χ1v) is 10.9. The van der Waals surface area contributed by atoms with Crippen LogP contribution in [0, 0.1) is 0 Å². The van der Waals surface area contributed by atoms with Crippen molar-refractivity contribution in [3.8, 4) is 0 Å². The maximum Gasteiger partial charge on any atom is 0.333 e. The van der Waals surface area contributed by atoms with E-state index in [1.54, 1.807) is 0 Å². The Labute approximate surface area is 168 Å². The highest BCUT2D eigenvalue weighted by atomic mass is 32.2. The summed E-state index contributed by atoms with van der Waals surface area (Å²) < 4.78 is 27.0. The molecule has 3 N–H and O–H groups in total. The van der Waals surface area contributed by atoms with Gasteiger partial charge in [-0.25, -0.2) is 14.5 Å². The number of aromatic nitrogens is 2. The van der Waals surface area contributed by atoms with Crippen molar-refractivity contribution in [1.82, 2.24) is 14.7 Å². The molecule has 2 aliphatic rings. The first-order chi connectivity index (χ1) is 13.8. The van der Waals surface area contributed by atoms with Crippen molar-refractivity contribution in [2.75, 3.05) is 10.6 Å². The van der Waals surface area contributed by atoms with Crippen molar-refractivity contribution in [3.63, 3.8) is 0 Å². The van der Waals surface area contributed by atoms with E-state index in [1.807, 2.05) is 4.72 Å². The Balaban J connectivity index is 1.56. The summed E-state index contributed by atoms with van der Waals surface area (Å²) in [7, 11) is -4.30. The number of aryl methyl sites for hydroxylation is 2. The fourth-order valence-corrected chi connectivity index (χ4v) is 4.80. The standard InChI is InChI=1S/C19H21N5O4S/c1-11(25)21-16-8-9-20-19(22-16)29(27,28)24-18(26)23-17-14-6-2-4-12(14)10-13-5-3-7-15(13)17/h8-10H,2-7H2,1H3,(H2,23,24,26)(H,20,21,22,25). The normalized spacial score (nSPS) is 14.8. The van der Waals surface area contributed by atoms with Crippen molar-refractivity contribution in [2.45, 2.75) is 50.6 Å². The summed E-state index contributed by atoms with van der Waals surface area (Å²) in [6.07, 6.45) is 6.93. The Morgan fingerprint density at radius 1 is 1.00 bits per heavy atom. The number of carbonyl (C=O) groups excluding carboxylic acids is 2. The predicted octanol–water partition coefficient (Wildman–Crippen LogP) is 1.92. The monoisotopic (exact) mass is 415 g/mol. The van der Waals surface area contributed by atoms with Gasteiger partial charge < -0.3 is 10.6 Å². The van der Waals surface area contributed by atoms with Crippen LogP contribution in [0.2, 0.25) is 0 Å². The molecule has 1 heterocycles. The Morgan fingerprint density at radius 3 is 2.28 bits per heavy atom. The van der Waals surface area contributed by atoms with E-state index in [-0.39, 0.29) is 5.82 Å². The molecule has 0 unspecified atom stereocenters. The number of rotatable bonds is 4. The second kappa shape index (κ2) is 7.43. The molecule has 0 bridgehead atoms. The second-order valence-electron chi connectivity index (χ2n) is 7.20. The number of nitrogens with one attached hydrogen (secondary N) is 3. The van der Waals surface area contributed by atoms with Gasteiger partial charge in [0.25, 0.3) is 5.16 Å². The highest BCUT2D eigenvalue weighted by Crippen LogP contribution is 2.38. The number of anilines is 2. The Bertz CT molecular complexity index is 1080. The van der Waals surface area contributed by atoms with Crippen LogP contribution in [-0.2, 0) is 40.5 Å². The molecule has 4 rings (SSSR count). The van der Waals surface area contributed by atoms with Gasteiger partial charge in [-0.1, -0.05) is 6.07 Å². The molecular formula is C19H21N5O4S. The number of urea groups is 1. The van der Waals surface area contributed by atoms with Gasteiger partial charge in [-0.15, -0.1) is 0 Å². The zero-order chi connectivity index (χ0) is 20.6. The molecule has 2 aliphatic carbocycles. The summed E-state index contributed by atoms with van der Waals surface area (Å²) in [5.74, 6) is -0.364. The summed E-state index contributed by atoms with van der Waals surface area (Å²) in [5, 5.41) is 4.55. The second-order valence-corrected chi connectivity index (χ2v) is 8.78. The average molecular weight is 415 g/mol. The molecule has 29 heavy (non-hydrogen) atoms. The van der Waals surface area contributed by atoms with Gasteiger partial charge >= 0.3 is 16.1 Å². The minimum absolute atomic E-state index is 0.0342. The number of fused-ring (bicyclic) bond motifs is 2. The van der Waals surface area contributed by atoms with Gasteiger partial charge in [0.05, 0.1) is 0 Å². The van der Waals surface area contributed by atoms with Crippen LogP contribution < -0.4 is 15.4 Å². The largest absolute Gasteiger partial charge is 0.333 e. The minimum atomic E-state index is -4.30. The van der Waals surface area contributed by atoms with Crippen LogP contribution in [0.1, 0.15) is 42.0 Å². The van der Waals surface area contributed by atoms with E-state index >= 15 is 0 Å². The smallest absolute Gasteiger partial charge is 0.311 e. The third kappa shape index (κ3) is 3.93. The molecule has 0 fully saturated rings. The summed E-state index contributed by atoms with van der Waals surface area (Å²) in [4.78, 5) is 31.2. The van der Waals surface area contributed by atoms with Crippen LogP contribution in [0.4, 0.5) is 16.3 Å². The molecule has 3 amide bonds. The summed E-state index contributed by atoms with van der Waals surface area (Å²) in [5.41, 5.74) is 5.41. The summed E-state index contributed by atoms with van der Waals surface area (Å²) in [6, 6.07) is 2.73. The van der Waals surface area contributed by atoms with E-state index in [4.69, 9.17) is 0 Å². The van der Waals surface area contributed by atoms with E-state index in [2.05, 4.69) is 26.7 Å². The third-order valence-electron chi connectivity index (χ3n) is 5.12. The Hall–Kier alpha value is -3.01. The Kier molecular flexibility index (Phi) is 4.95. The van der Waals surface area contributed by atoms with E-state index < -0.39 is 27.1 Å². The van der Waals surface area contributed by atoms with Crippen LogP contribution in [0.25, 0.3) is 0 Å². The molecule has 152 valence electrons. The lowest BCUT2D eigenvalue weighted by atomic mass is 9.99. The van der Waals surface area contributed by atoms with Crippen molar-refractivity contribution in [3.05, 3.63) is 40.6 Å². The van der Waals surface area contributed by atoms with Crippen LogP contribution in [0.15, 0.2) is 23.5 Å². The molecular weight excluding hydrogens is 394 g/mol. The molecule has 1 aromatic heterocycles. The van der Waals surface area contributed by atoms with Crippen molar-refractivity contribution >= 4 is 33.5 Å². The molecule has 0 radical (unpaired) electrons. The quantitative estimate of drug-likeness (QED) is 0.654. The number of amides is 3. The Morgan fingerprint density at radius 2 is 1.66 bits per heavy atom. The maximum absolute atomic E-state index is 12.5. The highest BCUT2D eigenvalue weighted by Gasteiger charge is 2.27. The van der Waals surface area contributed by atoms with Crippen molar-refractivity contribution in [1.29, 1.82) is 0 Å². The molecule has 0 spiro atoms. The van der Waals surface area contributed by atoms with Crippen LogP contribution in [-0.4, -0.2) is 30.3 Å². The lowest BCUT2D eigenvalue weighted by Crippen LogP contribution is -2.36. The van der Waals surface area contributed by atoms with E-state index in [1.165, 1.54) is 30.3 Å². The fourth-order valence-electron chi connectivity index (χ4n) is 3.99. The molecule has 0 saturated carbocycles. The topological polar surface area (TPSA) is 130 Å². The number of hydrogen-bond acceptors (Lipinski definition) is 6. The number of sulfonamides is 1. The van der Waals surface area contributed by atoms with Crippen molar-refractivity contribution < 1.29 is 18.0 Å². The zero-order valence-corrected chi connectivity index (χ0v) is 16.7. The zero-order valence-electron chi connectivity index (χ0n) is 15.9. The van der Waals surface area contributed by atoms with Crippen LogP contribution in [0.5, 0.6) is 0 Å². The summed E-state index contributed by atoms with van der Waals surface area (Å²) >= 11 is 0. The first kappa shape index (κ1) is 19.3. The van der Waals surface area contributed by atoms with Crippen LogP contribution in [0.3, 0.4) is 0 Å². The van der Waals surface area contributed by atoms with E-state index in [9.17, 15) is 18.0 Å². The number of hydrogen-bond donors (Lipinski definition) is 3. The van der Waals surface area contributed by atoms with Gasteiger partial charge in [0.1, 0.15) is 5.82 Å². The molecule has 1 aromatic carbocycles. The van der Waals surface area contributed by atoms with Crippen molar-refractivity contribution in [2.24, 2.45) is 0 Å². The van der Waals surface area contributed by atoms with Gasteiger partial charge in [-0.05, 0) is 66.8 Å². The van der Waals surface area contributed by atoms with Crippen LogP contribution >= 0.6 is 0 Å². The number of benzene rings is 1. The molecule has 0 atom stereocenters. The van der Waals surface area contributed by atoms with E-state index in [0.717, 1.165) is 55.3 Å². The predicted molar refractivity (Wildman–Crippen MR) is 106 cm³/mol. The molecule has 2 aromatic rings. The molecule has 9 nitrogen and oxygen atoms in total. The molecule has 10 heteroatoms. The summed E-state index contributed by atoms with van der Waals surface area (Å²) in [6.45, 7) is 1.28. The minimum Gasteiger partial charge on any atom is -0.311 e. The highest BCUT2D eigenvalue weighted by molar-refractivity contribution is 7.89. The maximum atomic E-state index is 12.5. The SMILES string of the molecule is CC(=O)Nc1ccnc(S(=O)(=O)NC(=O)Nc2c3c(cc4c2CCC4)CCC3)n1. The van der Waals surface area contributed by atoms with Gasteiger partial charge in [-0.2, -0.15) is 13.4 Å². The lowest BCUT2D eigenvalue weighted by Gasteiger charge is -2.16.